The molecule has 1 heterocycles. The maximum Gasteiger partial charge on any atom is 0.234 e. The Morgan fingerprint density at radius 2 is 1.97 bits per heavy atom. The van der Waals surface area contributed by atoms with Gasteiger partial charge in [-0.1, -0.05) is 12.1 Å². The first-order valence-electron chi connectivity index (χ1n) is 10.3. The molecule has 1 saturated heterocycles. The van der Waals surface area contributed by atoms with Gasteiger partial charge in [-0.3, -0.25) is 14.7 Å². The molecule has 1 aliphatic heterocycles. The number of methoxy groups -OCH3 is 1. The maximum atomic E-state index is 12.0. The molecular weight excluding hydrogens is 497 g/mol. The van der Waals surface area contributed by atoms with Gasteiger partial charge in [0.15, 0.2) is 5.96 Å². The number of benzene rings is 1. The van der Waals surface area contributed by atoms with Crippen LogP contribution in [0.1, 0.15) is 32.4 Å². The molecule has 2 rings (SSSR count). The van der Waals surface area contributed by atoms with Gasteiger partial charge in [-0.05, 0) is 38.5 Å². The lowest BCUT2D eigenvalue weighted by molar-refractivity contribution is -0.123. The van der Waals surface area contributed by atoms with Gasteiger partial charge in [-0.25, -0.2) is 0 Å². The summed E-state index contributed by atoms with van der Waals surface area (Å²) in [5, 5.41) is 16.7. The highest BCUT2D eigenvalue weighted by Gasteiger charge is 2.21. The largest absolute Gasteiger partial charge is 0.497 e. The van der Waals surface area contributed by atoms with Gasteiger partial charge in [-0.15, -0.1) is 24.0 Å². The molecule has 1 aliphatic rings. The fraction of sp³-hybridized carbons (Fsp3) is 0.619. The molecule has 0 aromatic heterocycles. The van der Waals surface area contributed by atoms with Gasteiger partial charge >= 0.3 is 0 Å². The van der Waals surface area contributed by atoms with Crippen LogP contribution in [0.15, 0.2) is 29.3 Å². The molecule has 0 radical (unpaired) electrons. The molecule has 3 N–H and O–H groups in total. The van der Waals surface area contributed by atoms with Crippen LogP contribution in [-0.2, 0) is 4.79 Å². The monoisotopic (exact) mass is 533 g/mol. The molecule has 0 saturated carbocycles. The Bertz CT molecular complexity index is 678. The highest BCUT2D eigenvalue weighted by molar-refractivity contribution is 14.0. The zero-order valence-corrected chi connectivity index (χ0v) is 20.8. The fourth-order valence-electron chi connectivity index (χ4n) is 3.24. The van der Waals surface area contributed by atoms with Crippen molar-refractivity contribution in [2.24, 2.45) is 4.99 Å². The van der Waals surface area contributed by atoms with Crippen molar-refractivity contribution in [1.82, 2.24) is 20.4 Å². The van der Waals surface area contributed by atoms with E-state index in [1.807, 2.05) is 45.0 Å². The van der Waals surface area contributed by atoms with Gasteiger partial charge < -0.3 is 25.4 Å². The van der Waals surface area contributed by atoms with E-state index in [4.69, 9.17) is 4.74 Å². The number of amides is 1. The van der Waals surface area contributed by atoms with Crippen LogP contribution in [0.25, 0.3) is 0 Å². The van der Waals surface area contributed by atoms with E-state index in [1.165, 1.54) is 0 Å². The number of carbonyl (C=O) groups excluding carboxylic acids is 1. The molecular formula is C21H36IN5O3. The van der Waals surface area contributed by atoms with Crippen LogP contribution < -0.4 is 15.4 Å². The van der Waals surface area contributed by atoms with Crippen molar-refractivity contribution in [2.75, 3.05) is 52.9 Å². The van der Waals surface area contributed by atoms with Crippen LogP contribution in [0.3, 0.4) is 0 Å². The Kier molecular flexibility index (Phi) is 12.0. The van der Waals surface area contributed by atoms with Crippen LogP contribution in [0.4, 0.5) is 0 Å². The molecule has 1 atom stereocenters. The zero-order chi connectivity index (χ0) is 21.2. The summed E-state index contributed by atoms with van der Waals surface area (Å²) in [5.74, 6) is 1.58. The second-order valence-electron chi connectivity index (χ2n) is 7.47. The Balaban J connectivity index is 0.00000450. The second kappa shape index (κ2) is 13.7. The van der Waals surface area contributed by atoms with Crippen molar-refractivity contribution in [3.8, 4) is 5.75 Å². The molecule has 30 heavy (non-hydrogen) atoms. The predicted octanol–water partition coefficient (Wildman–Crippen LogP) is 1.45. The number of aliphatic imine (C=N–C) groups is 1. The fourth-order valence-corrected chi connectivity index (χ4v) is 3.24. The maximum absolute atomic E-state index is 12.0. The van der Waals surface area contributed by atoms with Gasteiger partial charge in [0.1, 0.15) is 5.75 Å². The number of guanidine groups is 1. The molecule has 1 aromatic rings. The zero-order valence-electron chi connectivity index (χ0n) is 18.4. The van der Waals surface area contributed by atoms with Gasteiger partial charge in [0.2, 0.25) is 5.91 Å². The Hall–Kier alpha value is -1.59. The number of hydrogen-bond acceptors (Lipinski definition) is 5. The number of carbonyl (C=O) groups is 1. The summed E-state index contributed by atoms with van der Waals surface area (Å²) in [6.07, 6.45) is -0.695. The summed E-state index contributed by atoms with van der Waals surface area (Å²) in [5.41, 5.74) is 0.782. The standard InChI is InChI=1S/C21H35N5O3.HI/c1-5-22-21(23-14-19(27)17-7-6-8-18(13-17)29-4)26-11-9-25(10-12-26)15-20(28)24-16(2)3;/h6-8,13,16,19,27H,5,9-12,14-15H2,1-4H3,(H,22,23)(H,24,28);1H. The third-order valence-corrected chi connectivity index (χ3v) is 4.72. The summed E-state index contributed by atoms with van der Waals surface area (Å²) in [6.45, 7) is 10.6. The molecule has 0 aliphatic carbocycles. The third-order valence-electron chi connectivity index (χ3n) is 4.72. The van der Waals surface area contributed by atoms with E-state index >= 15 is 0 Å². The van der Waals surface area contributed by atoms with Crippen LogP contribution in [0.5, 0.6) is 5.75 Å². The van der Waals surface area contributed by atoms with E-state index in [-0.39, 0.29) is 42.5 Å². The molecule has 0 bridgehead atoms. The van der Waals surface area contributed by atoms with Crippen molar-refractivity contribution in [3.63, 3.8) is 0 Å². The minimum absolute atomic E-state index is 0. The first-order valence-corrected chi connectivity index (χ1v) is 10.3. The van der Waals surface area contributed by atoms with E-state index in [0.717, 1.165) is 50.0 Å². The average molecular weight is 533 g/mol. The van der Waals surface area contributed by atoms with Crippen LogP contribution in [-0.4, -0.2) is 85.7 Å². The SMILES string of the molecule is CCNC(=NCC(O)c1cccc(OC)c1)N1CCN(CC(=O)NC(C)C)CC1.I. The summed E-state index contributed by atoms with van der Waals surface area (Å²) in [6, 6.07) is 7.57. The Morgan fingerprint density at radius 1 is 1.27 bits per heavy atom. The van der Waals surface area contributed by atoms with E-state index in [2.05, 4.69) is 25.4 Å². The van der Waals surface area contributed by atoms with E-state index in [9.17, 15) is 9.90 Å². The number of aliphatic hydroxyl groups excluding tert-OH is 1. The molecule has 1 aromatic carbocycles. The number of rotatable bonds is 8. The summed E-state index contributed by atoms with van der Waals surface area (Å²) < 4.78 is 5.22. The van der Waals surface area contributed by atoms with E-state index in [1.54, 1.807) is 7.11 Å². The van der Waals surface area contributed by atoms with Crippen LogP contribution >= 0.6 is 24.0 Å². The molecule has 8 nitrogen and oxygen atoms in total. The minimum atomic E-state index is -0.695. The quantitative estimate of drug-likeness (QED) is 0.267. The summed E-state index contributed by atoms with van der Waals surface area (Å²) >= 11 is 0. The number of aliphatic hydroxyl groups is 1. The first kappa shape index (κ1) is 26.4. The number of ether oxygens (including phenoxy) is 1. The number of nitrogens with one attached hydrogen (secondary N) is 2. The van der Waals surface area contributed by atoms with Gasteiger partial charge in [0.25, 0.3) is 0 Å². The highest BCUT2D eigenvalue weighted by Crippen LogP contribution is 2.19. The molecule has 0 spiro atoms. The first-order chi connectivity index (χ1) is 13.9. The van der Waals surface area contributed by atoms with Crippen LogP contribution in [0.2, 0.25) is 0 Å². The Morgan fingerprint density at radius 3 is 2.57 bits per heavy atom. The summed E-state index contributed by atoms with van der Waals surface area (Å²) in [7, 11) is 1.61. The molecule has 1 fully saturated rings. The van der Waals surface area contributed by atoms with Crippen molar-refractivity contribution < 1.29 is 14.6 Å². The van der Waals surface area contributed by atoms with E-state index < -0.39 is 6.10 Å². The van der Waals surface area contributed by atoms with Gasteiger partial charge in [0.05, 0.1) is 26.3 Å². The van der Waals surface area contributed by atoms with Crippen LogP contribution in [0, 0.1) is 0 Å². The lowest BCUT2D eigenvalue weighted by Crippen LogP contribution is -2.54. The molecule has 1 amide bonds. The lowest BCUT2D eigenvalue weighted by Gasteiger charge is -2.36. The van der Waals surface area contributed by atoms with Gasteiger partial charge in [0, 0.05) is 38.8 Å². The van der Waals surface area contributed by atoms with Crippen molar-refractivity contribution in [3.05, 3.63) is 29.8 Å². The van der Waals surface area contributed by atoms with Crippen molar-refractivity contribution in [1.29, 1.82) is 0 Å². The number of piperazine rings is 1. The highest BCUT2D eigenvalue weighted by atomic mass is 127. The minimum Gasteiger partial charge on any atom is -0.497 e. The van der Waals surface area contributed by atoms with Crippen molar-refractivity contribution >= 4 is 35.8 Å². The third kappa shape index (κ3) is 8.65. The predicted molar refractivity (Wildman–Crippen MR) is 131 cm³/mol. The van der Waals surface area contributed by atoms with E-state index in [0.29, 0.717) is 6.54 Å². The van der Waals surface area contributed by atoms with Gasteiger partial charge in [-0.2, -0.15) is 0 Å². The average Bonchev–Trinajstić information content (AvgIpc) is 2.71. The molecule has 9 heteroatoms. The smallest absolute Gasteiger partial charge is 0.234 e. The second-order valence-corrected chi connectivity index (χ2v) is 7.47. The molecule has 1 unspecified atom stereocenters. The summed E-state index contributed by atoms with van der Waals surface area (Å²) in [4.78, 5) is 20.9. The number of halogens is 1. The normalized spacial score (nSPS) is 16.1. The topological polar surface area (TPSA) is 89.4 Å². The lowest BCUT2D eigenvalue weighted by atomic mass is 10.1. The number of nitrogens with zero attached hydrogens (tertiary/aromatic N) is 3. The molecule has 170 valence electrons. The Labute approximate surface area is 197 Å². The van der Waals surface area contributed by atoms with Crippen molar-refractivity contribution in [2.45, 2.75) is 32.9 Å². The number of hydrogen-bond donors (Lipinski definition) is 3.